The summed E-state index contributed by atoms with van der Waals surface area (Å²) in [4.78, 5) is 28.6. The van der Waals surface area contributed by atoms with E-state index in [9.17, 15) is 18.0 Å². The first-order valence-corrected chi connectivity index (χ1v) is 15.4. The zero-order valence-corrected chi connectivity index (χ0v) is 24.2. The summed E-state index contributed by atoms with van der Waals surface area (Å²) in [5.74, 6) is 0.867. The molecule has 39 heavy (non-hydrogen) atoms. The van der Waals surface area contributed by atoms with Gasteiger partial charge in [0.2, 0.25) is 21.8 Å². The third-order valence-corrected chi connectivity index (χ3v) is 8.26. The molecular weight excluding hydrogens is 518 g/mol. The van der Waals surface area contributed by atoms with Crippen LogP contribution in [0.5, 0.6) is 11.5 Å². The first-order chi connectivity index (χ1) is 18.7. The van der Waals surface area contributed by atoms with Crippen LogP contribution in [0.1, 0.15) is 57.4 Å². The predicted molar refractivity (Wildman–Crippen MR) is 152 cm³/mol. The molecule has 9 nitrogen and oxygen atoms in total. The maximum atomic E-state index is 13.6. The monoisotopic (exact) mass is 559 g/mol. The molecule has 1 atom stereocenters. The highest BCUT2D eigenvalue weighted by Crippen LogP contribution is 2.25. The van der Waals surface area contributed by atoms with E-state index in [2.05, 4.69) is 5.32 Å². The fourth-order valence-corrected chi connectivity index (χ4v) is 5.98. The summed E-state index contributed by atoms with van der Waals surface area (Å²) < 4.78 is 37.0. The van der Waals surface area contributed by atoms with Gasteiger partial charge in [0.25, 0.3) is 0 Å². The number of anilines is 1. The van der Waals surface area contributed by atoms with Gasteiger partial charge in [0.1, 0.15) is 17.5 Å². The molecule has 2 aromatic carbocycles. The Balaban J connectivity index is 1.77. The van der Waals surface area contributed by atoms with Gasteiger partial charge in [-0.1, -0.05) is 38.0 Å². The molecule has 0 aliphatic heterocycles. The summed E-state index contributed by atoms with van der Waals surface area (Å²) in [6.07, 6.45) is 6.09. The summed E-state index contributed by atoms with van der Waals surface area (Å²) >= 11 is 0. The zero-order chi connectivity index (χ0) is 28.4. The Morgan fingerprint density at radius 1 is 1.03 bits per heavy atom. The van der Waals surface area contributed by atoms with E-state index < -0.39 is 16.1 Å². The molecule has 2 aromatic rings. The Bertz CT molecular complexity index is 1210. The average Bonchev–Trinajstić information content (AvgIpc) is 3.43. The molecule has 1 N–H and O–H groups in total. The molecule has 0 saturated heterocycles. The van der Waals surface area contributed by atoms with Crippen LogP contribution >= 0.6 is 0 Å². The van der Waals surface area contributed by atoms with Crippen molar-refractivity contribution in [3.05, 3.63) is 54.1 Å². The minimum absolute atomic E-state index is 0.0904. The van der Waals surface area contributed by atoms with Gasteiger partial charge in [-0.25, -0.2) is 8.42 Å². The van der Waals surface area contributed by atoms with Crippen LogP contribution in [0.15, 0.2) is 48.5 Å². The molecule has 0 heterocycles. The zero-order valence-electron chi connectivity index (χ0n) is 23.4. The maximum Gasteiger partial charge on any atom is 0.243 e. The summed E-state index contributed by atoms with van der Waals surface area (Å²) in [7, 11) is -0.485. The Labute approximate surface area is 232 Å². The number of carbonyl (C=O) groups excluding carboxylic acids is 2. The van der Waals surface area contributed by atoms with Gasteiger partial charge < -0.3 is 19.7 Å². The van der Waals surface area contributed by atoms with Crippen molar-refractivity contribution in [2.24, 2.45) is 0 Å². The number of ether oxygens (including phenoxy) is 2. The number of benzene rings is 2. The smallest absolute Gasteiger partial charge is 0.243 e. The van der Waals surface area contributed by atoms with Crippen LogP contribution in [-0.4, -0.2) is 64.2 Å². The largest absolute Gasteiger partial charge is 0.497 e. The van der Waals surface area contributed by atoms with E-state index in [0.717, 1.165) is 37.5 Å². The number of methoxy groups -OCH3 is 2. The lowest BCUT2D eigenvalue weighted by Crippen LogP contribution is -2.51. The second-order valence-electron chi connectivity index (χ2n) is 9.93. The van der Waals surface area contributed by atoms with E-state index in [4.69, 9.17) is 9.47 Å². The molecule has 0 bridgehead atoms. The normalized spacial score (nSPS) is 14.5. The van der Waals surface area contributed by atoms with E-state index in [1.807, 2.05) is 31.2 Å². The Hall–Kier alpha value is -3.27. The number of carbonyl (C=O) groups is 2. The lowest BCUT2D eigenvalue weighted by molar-refractivity contribution is -0.141. The summed E-state index contributed by atoms with van der Waals surface area (Å²) in [5, 5.41) is 3.14. The molecule has 1 aliphatic rings. The lowest BCUT2D eigenvalue weighted by Gasteiger charge is -2.32. The van der Waals surface area contributed by atoms with Gasteiger partial charge in [0.05, 0.1) is 26.2 Å². The van der Waals surface area contributed by atoms with Gasteiger partial charge in [-0.2, -0.15) is 0 Å². The molecule has 0 radical (unpaired) electrons. The van der Waals surface area contributed by atoms with Gasteiger partial charge in [-0.3, -0.25) is 13.9 Å². The second kappa shape index (κ2) is 14.2. The Kier molecular flexibility index (Phi) is 11.0. The average molecular weight is 560 g/mol. The maximum absolute atomic E-state index is 13.6. The number of nitrogens with zero attached hydrogens (tertiary/aromatic N) is 2. The van der Waals surface area contributed by atoms with Crippen LogP contribution in [0.3, 0.4) is 0 Å². The fraction of sp³-hybridized carbons (Fsp3) is 0.517. The molecule has 1 fully saturated rings. The van der Waals surface area contributed by atoms with Crippen molar-refractivity contribution < 1.29 is 27.5 Å². The molecule has 0 aromatic heterocycles. The van der Waals surface area contributed by atoms with Crippen LogP contribution in [0.4, 0.5) is 5.69 Å². The number of hydrogen-bond acceptors (Lipinski definition) is 6. The van der Waals surface area contributed by atoms with Gasteiger partial charge >= 0.3 is 0 Å². The molecule has 1 unspecified atom stereocenters. The second-order valence-corrected chi connectivity index (χ2v) is 11.8. The number of nitrogens with one attached hydrogen (secondary N) is 1. The van der Waals surface area contributed by atoms with Crippen molar-refractivity contribution in [1.29, 1.82) is 0 Å². The first kappa shape index (κ1) is 30.3. The van der Waals surface area contributed by atoms with Crippen molar-refractivity contribution >= 4 is 27.5 Å². The number of rotatable bonds is 14. The Morgan fingerprint density at radius 2 is 1.67 bits per heavy atom. The molecule has 2 amide bonds. The van der Waals surface area contributed by atoms with E-state index in [1.165, 1.54) is 11.4 Å². The van der Waals surface area contributed by atoms with Crippen molar-refractivity contribution in [3.63, 3.8) is 0 Å². The first-order valence-electron chi connectivity index (χ1n) is 13.5. The van der Waals surface area contributed by atoms with Crippen molar-refractivity contribution in [3.8, 4) is 11.5 Å². The molecule has 3 rings (SSSR count). The lowest BCUT2D eigenvalue weighted by atomic mass is 10.1. The molecule has 1 saturated carbocycles. The quantitative estimate of drug-likeness (QED) is 0.373. The molecule has 0 spiro atoms. The highest BCUT2D eigenvalue weighted by molar-refractivity contribution is 7.92. The van der Waals surface area contributed by atoms with Crippen LogP contribution in [0, 0.1) is 0 Å². The van der Waals surface area contributed by atoms with Gasteiger partial charge in [-0.05, 0) is 55.5 Å². The van der Waals surface area contributed by atoms with E-state index in [0.29, 0.717) is 30.0 Å². The predicted octanol–water partition coefficient (Wildman–Crippen LogP) is 4.12. The van der Waals surface area contributed by atoms with E-state index in [-0.39, 0.29) is 37.4 Å². The number of sulfonamides is 1. The summed E-state index contributed by atoms with van der Waals surface area (Å²) in [5.41, 5.74) is 1.32. The van der Waals surface area contributed by atoms with Crippen LogP contribution in [0.25, 0.3) is 0 Å². The molecular formula is C29H41N3O6S. The summed E-state index contributed by atoms with van der Waals surface area (Å²) in [6, 6.07) is 13.8. The minimum Gasteiger partial charge on any atom is -0.497 e. The molecule has 1 aliphatic carbocycles. The SMILES string of the molecule is CCC(C(=O)NC1CCCC1)N(Cc1cccc(OC)c1)C(=O)CCCN(c1cccc(OC)c1)S(C)(=O)=O. The topological polar surface area (TPSA) is 105 Å². The van der Waals surface area contributed by atoms with Crippen LogP contribution < -0.4 is 19.1 Å². The fourth-order valence-electron chi connectivity index (χ4n) is 5.02. The van der Waals surface area contributed by atoms with Crippen LogP contribution in [-0.2, 0) is 26.2 Å². The summed E-state index contributed by atoms with van der Waals surface area (Å²) in [6.45, 7) is 2.27. The third-order valence-electron chi connectivity index (χ3n) is 7.07. The third kappa shape index (κ3) is 8.61. The van der Waals surface area contributed by atoms with Crippen molar-refractivity contribution in [2.45, 2.75) is 70.5 Å². The van der Waals surface area contributed by atoms with Crippen molar-refractivity contribution in [1.82, 2.24) is 10.2 Å². The van der Waals surface area contributed by atoms with Gasteiger partial charge in [-0.15, -0.1) is 0 Å². The highest BCUT2D eigenvalue weighted by atomic mass is 32.2. The van der Waals surface area contributed by atoms with Gasteiger partial charge in [0.15, 0.2) is 0 Å². The molecule has 10 heteroatoms. The highest BCUT2D eigenvalue weighted by Gasteiger charge is 2.31. The molecule has 214 valence electrons. The van der Waals surface area contributed by atoms with Crippen LogP contribution in [0.2, 0.25) is 0 Å². The standard InChI is InChI=1S/C29H41N3O6S/c1-5-27(29(34)30-23-12-6-7-13-23)31(21-22-11-8-15-25(19-22)37-2)28(33)17-10-18-32(39(4,35)36)24-14-9-16-26(20-24)38-3/h8-9,11,14-16,19-20,23,27H,5-7,10,12-13,17-18,21H2,1-4H3,(H,30,34). The van der Waals surface area contributed by atoms with E-state index in [1.54, 1.807) is 36.3 Å². The Morgan fingerprint density at radius 3 is 2.28 bits per heavy atom. The number of amides is 2. The minimum atomic E-state index is -3.59. The van der Waals surface area contributed by atoms with E-state index >= 15 is 0 Å². The number of hydrogen-bond donors (Lipinski definition) is 1. The van der Waals surface area contributed by atoms with Crippen molar-refractivity contribution in [2.75, 3.05) is 31.3 Å². The van der Waals surface area contributed by atoms with Gasteiger partial charge in [0, 0.05) is 31.6 Å².